The van der Waals surface area contributed by atoms with Crippen molar-refractivity contribution in [3.05, 3.63) is 0 Å². The molecule has 19 heavy (non-hydrogen) atoms. The molecule has 4 nitrogen and oxygen atoms in total. The van der Waals surface area contributed by atoms with Gasteiger partial charge >= 0.3 is 5.97 Å². The van der Waals surface area contributed by atoms with Crippen LogP contribution in [0.4, 0.5) is 0 Å². The van der Waals surface area contributed by atoms with Crippen LogP contribution in [0.15, 0.2) is 0 Å². The van der Waals surface area contributed by atoms with E-state index >= 15 is 0 Å². The number of hydrogen-bond donors (Lipinski definition) is 1. The van der Waals surface area contributed by atoms with Crippen LogP contribution in [0, 0.1) is 0 Å². The third kappa shape index (κ3) is 3.48. The van der Waals surface area contributed by atoms with Gasteiger partial charge in [-0.25, -0.2) is 0 Å². The van der Waals surface area contributed by atoms with Gasteiger partial charge in [0.25, 0.3) is 0 Å². The molecule has 2 fully saturated rings. The van der Waals surface area contributed by atoms with E-state index < -0.39 is 5.97 Å². The van der Waals surface area contributed by atoms with Crippen molar-refractivity contribution >= 4 is 5.97 Å². The number of carboxylic acids is 1. The molecule has 2 unspecified atom stereocenters. The molecule has 0 aromatic heterocycles. The fourth-order valence-electron chi connectivity index (χ4n) is 3.86. The molecule has 1 saturated carbocycles. The lowest BCUT2D eigenvalue weighted by atomic mass is 9.76. The first-order valence-corrected chi connectivity index (χ1v) is 7.60. The Hall–Kier alpha value is -0.610. The predicted molar refractivity (Wildman–Crippen MR) is 74.3 cm³/mol. The van der Waals surface area contributed by atoms with E-state index in [2.05, 4.69) is 18.9 Å². The van der Waals surface area contributed by atoms with Crippen LogP contribution >= 0.6 is 0 Å². The Bertz CT molecular complexity index is 313. The first kappa shape index (κ1) is 14.8. The van der Waals surface area contributed by atoms with E-state index in [1.807, 2.05) is 0 Å². The highest BCUT2D eigenvalue weighted by molar-refractivity contribution is 5.68. The Morgan fingerprint density at radius 1 is 1.37 bits per heavy atom. The molecule has 2 rings (SSSR count). The van der Waals surface area contributed by atoms with Gasteiger partial charge in [0.2, 0.25) is 0 Å². The molecule has 2 atom stereocenters. The zero-order valence-electron chi connectivity index (χ0n) is 12.2. The van der Waals surface area contributed by atoms with E-state index in [0.29, 0.717) is 12.1 Å². The number of carbonyl (C=O) groups is 1. The molecular weight excluding hydrogens is 242 g/mol. The summed E-state index contributed by atoms with van der Waals surface area (Å²) in [4.78, 5) is 13.7. The summed E-state index contributed by atoms with van der Waals surface area (Å²) in [5, 5.41) is 9.28. The smallest absolute Gasteiger partial charge is 0.305 e. The van der Waals surface area contributed by atoms with Crippen molar-refractivity contribution in [2.45, 2.75) is 76.0 Å². The van der Waals surface area contributed by atoms with Gasteiger partial charge < -0.3 is 9.84 Å². The van der Waals surface area contributed by atoms with Crippen LogP contribution in [0.3, 0.4) is 0 Å². The highest BCUT2D eigenvalue weighted by Gasteiger charge is 2.41. The van der Waals surface area contributed by atoms with Crippen LogP contribution < -0.4 is 0 Å². The van der Waals surface area contributed by atoms with Gasteiger partial charge in [0.1, 0.15) is 0 Å². The van der Waals surface area contributed by atoms with Crippen LogP contribution in [0.1, 0.15) is 58.3 Å². The average Bonchev–Trinajstić information content (AvgIpc) is 2.38. The van der Waals surface area contributed by atoms with Gasteiger partial charge in [0, 0.05) is 18.2 Å². The summed E-state index contributed by atoms with van der Waals surface area (Å²) in [5.74, 6) is -0.658. The zero-order valence-corrected chi connectivity index (χ0v) is 12.2. The Morgan fingerprint density at radius 2 is 2.05 bits per heavy atom. The molecular formula is C15H27NO3. The second-order valence-corrected chi connectivity index (χ2v) is 6.33. The average molecular weight is 269 g/mol. The maximum Gasteiger partial charge on any atom is 0.305 e. The lowest BCUT2D eigenvalue weighted by molar-refractivity contribution is -0.142. The highest BCUT2D eigenvalue weighted by Crippen LogP contribution is 2.38. The molecule has 1 N–H and O–H groups in total. The summed E-state index contributed by atoms with van der Waals surface area (Å²) in [6.45, 7) is 2.92. The molecule has 0 radical (unpaired) electrons. The minimum Gasteiger partial charge on any atom is -0.481 e. The molecule has 2 aliphatic rings. The monoisotopic (exact) mass is 269 g/mol. The summed E-state index contributed by atoms with van der Waals surface area (Å²) < 4.78 is 5.62. The Labute approximate surface area is 116 Å². The lowest BCUT2D eigenvalue weighted by Crippen LogP contribution is -2.55. The van der Waals surface area contributed by atoms with Gasteiger partial charge in [-0.05, 0) is 39.7 Å². The van der Waals surface area contributed by atoms with Crippen LogP contribution in [-0.4, -0.2) is 47.3 Å². The van der Waals surface area contributed by atoms with Crippen molar-refractivity contribution in [3.8, 4) is 0 Å². The molecule has 1 heterocycles. The molecule has 0 aromatic rings. The SMILES string of the molecule is CC1CC(N(C)C2(CC(=O)O)CCCCC2)CCO1. The van der Waals surface area contributed by atoms with Crippen molar-refractivity contribution in [3.63, 3.8) is 0 Å². The largest absolute Gasteiger partial charge is 0.481 e. The van der Waals surface area contributed by atoms with E-state index in [-0.39, 0.29) is 12.0 Å². The first-order valence-electron chi connectivity index (χ1n) is 7.60. The van der Waals surface area contributed by atoms with Crippen LogP contribution in [-0.2, 0) is 9.53 Å². The maximum atomic E-state index is 11.3. The van der Waals surface area contributed by atoms with Gasteiger partial charge in [-0.3, -0.25) is 9.69 Å². The molecule has 0 spiro atoms. The molecule has 0 amide bonds. The van der Waals surface area contributed by atoms with E-state index in [1.165, 1.54) is 6.42 Å². The topological polar surface area (TPSA) is 49.8 Å². The van der Waals surface area contributed by atoms with E-state index in [9.17, 15) is 9.90 Å². The first-order chi connectivity index (χ1) is 9.03. The highest BCUT2D eigenvalue weighted by atomic mass is 16.5. The molecule has 110 valence electrons. The van der Waals surface area contributed by atoms with Gasteiger partial charge in [-0.15, -0.1) is 0 Å². The Balaban J connectivity index is 2.09. The Morgan fingerprint density at radius 3 is 2.63 bits per heavy atom. The van der Waals surface area contributed by atoms with Crippen LogP contribution in [0.25, 0.3) is 0 Å². The van der Waals surface area contributed by atoms with Crippen LogP contribution in [0.5, 0.6) is 0 Å². The summed E-state index contributed by atoms with van der Waals surface area (Å²) in [6.07, 6.45) is 8.27. The summed E-state index contributed by atoms with van der Waals surface area (Å²) >= 11 is 0. The molecule has 1 aliphatic heterocycles. The standard InChI is InChI=1S/C15H27NO3/c1-12-10-13(6-9-19-12)16(2)15(11-14(17)18)7-4-3-5-8-15/h12-13H,3-11H2,1-2H3,(H,17,18). The van der Waals surface area contributed by atoms with Crippen molar-refractivity contribution in [2.75, 3.05) is 13.7 Å². The van der Waals surface area contributed by atoms with Gasteiger partial charge in [-0.2, -0.15) is 0 Å². The van der Waals surface area contributed by atoms with Crippen molar-refractivity contribution in [2.24, 2.45) is 0 Å². The van der Waals surface area contributed by atoms with Crippen LogP contribution in [0.2, 0.25) is 0 Å². The summed E-state index contributed by atoms with van der Waals surface area (Å²) in [5.41, 5.74) is -0.119. The predicted octanol–water partition coefficient (Wildman–Crippen LogP) is 2.66. The zero-order chi connectivity index (χ0) is 13.9. The number of aliphatic carboxylic acids is 1. The molecule has 0 bridgehead atoms. The van der Waals surface area contributed by atoms with Gasteiger partial charge in [0.15, 0.2) is 0 Å². The number of rotatable bonds is 4. The number of carboxylic acid groups (broad SMARTS) is 1. The van der Waals surface area contributed by atoms with Gasteiger partial charge in [0.05, 0.1) is 12.5 Å². The number of ether oxygens (including phenoxy) is 1. The third-order valence-corrected chi connectivity index (χ3v) is 5.02. The van der Waals surface area contributed by atoms with Gasteiger partial charge in [-0.1, -0.05) is 19.3 Å². The molecule has 1 saturated heterocycles. The summed E-state index contributed by atoms with van der Waals surface area (Å²) in [7, 11) is 2.14. The third-order valence-electron chi connectivity index (χ3n) is 5.02. The Kier molecular flexibility index (Phi) is 4.85. The fraction of sp³-hybridized carbons (Fsp3) is 0.933. The molecule has 0 aromatic carbocycles. The minimum atomic E-state index is -0.658. The van der Waals surface area contributed by atoms with Crippen molar-refractivity contribution in [1.82, 2.24) is 4.90 Å². The van der Waals surface area contributed by atoms with Crippen molar-refractivity contribution < 1.29 is 14.6 Å². The van der Waals surface area contributed by atoms with E-state index in [0.717, 1.165) is 45.1 Å². The van der Waals surface area contributed by atoms with E-state index in [1.54, 1.807) is 0 Å². The summed E-state index contributed by atoms with van der Waals surface area (Å²) in [6, 6.07) is 0.473. The number of hydrogen-bond acceptors (Lipinski definition) is 3. The normalized spacial score (nSPS) is 31.3. The molecule has 1 aliphatic carbocycles. The minimum absolute atomic E-state index is 0.119. The van der Waals surface area contributed by atoms with E-state index in [4.69, 9.17) is 4.74 Å². The van der Waals surface area contributed by atoms with Crippen molar-refractivity contribution in [1.29, 1.82) is 0 Å². The molecule has 4 heteroatoms. The quantitative estimate of drug-likeness (QED) is 0.852. The second-order valence-electron chi connectivity index (χ2n) is 6.33. The number of nitrogens with zero attached hydrogens (tertiary/aromatic N) is 1. The maximum absolute atomic E-state index is 11.3. The fourth-order valence-corrected chi connectivity index (χ4v) is 3.86. The second kappa shape index (κ2) is 6.23. The lowest BCUT2D eigenvalue weighted by Gasteiger charge is -2.49.